The molecule has 1 rings (SSSR count). The second kappa shape index (κ2) is 4.80. The Balaban J connectivity index is 2.74. The second-order valence-corrected chi connectivity index (χ2v) is 3.09. The van der Waals surface area contributed by atoms with Crippen LogP contribution in [0.15, 0.2) is 36.9 Å². The van der Waals surface area contributed by atoms with Crippen molar-refractivity contribution in [3.63, 3.8) is 0 Å². The van der Waals surface area contributed by atoms with Crippen LogP contribution in [0.3, 0.4) is 0 Å². The van der Waals surface area contributed by atoms with Gasteiger partial charge in [-0.15, -0.1) is 6.58 Å². The molecule has 0 aliphatic heterocycles. The zero-order valence-electron chi connectivity index (χ0n) is 7.83. The third-order valence-electron chi connectivity index (χ3n) is 2.05. The number of benzene rings is 1. The van der Waals surface area contributed by atoms with Gasteiger partial charge in [0.2, 0.25) is 0 Å². The molecule has 0 aromatic heterocycles. The Bertz CT molecular complexity index is 266. The fraction of sp³-hybridized carbons (Fsp3) is 0.273. The van der Waals surface area contributed by atoms with Crippen molar-refractivity contribution in [1.29, 1.82) is 0 Å². The third kappa shape index (κ3) is 2.68. The molecule has 1 aromatic carbocycles. The molecule has 1 unspecified atom stereocenters. The molecule has 0 radical (unpaired) electrons. The molecule has 13 heavy (non-hydrogen) atoms. The molecule has 2 nitrogen and oxygen atoms in total. The molecule has 0 amide bonds. The molecule has 70 valence electrons. The minimum atomic E-state index is -0.0159. The number of nitrogens with one attached hydrogen (secondary N) is 1. The van der Waals surface area contributed by atoms with Crippen molar-refractivity contribution in [2.45, 2.75) is 19.4 Å². The maximum atomic E-state index is 8.69. The lowest BCUT2D eigenvalue weighted by molar-refractivity contribution is 0.133. The van der Waals surface area contributed by atoms with E-state index >= 15 is 0 Å². The van der Waals surface area contributed by atoms with Gasteiger partial charge < -0.3 is 5.21 Å². The van der Waals surface area contributed by atoms with Crippen LogP contribution in [0.2, 0.25) is 0 Å². The van der Waals surface area contributed by atoms with E-state index in [2.05, 4.69) is 12.1 Å². The standard InChI is InChI=1S/C11H15NO/c1-3-4-10-5-7-11(8-6-10)9(2)12-13/h3,5-9,12-13H,1,4H2,2H3. The Morgan fingerprint density at radius 3 is 2.54 bits per heavy atom. The molecule has 0 heterocycles. The lowest BCUT2D eigenvalue weighted by Crippen LogP contribution is -2.12. The van der Waals surface area contributed by atoms with E-state index in [0.29, 0.717) is 0 Å². The first-order chi connectivity index (χ1) is 6.27. The Hall–Kier alpha value is -1.12. The van der Waals surface area contributed by atoms with Gasteiger partial charge in [-0.1, -0.05) is 30.3 Å². The van der Waals surface area contributed by atoms with Gasteiger partial charge in [0.25, 0.3) is 0 Å². The number of rotatable bonds is 4. The van der Waals surface area contributed by atoms with E-state index in [4.69, 9.17) is 5.21 Å². The number of hydroxylamine groups is 1. The highest BCUT2D eigenvalue weighted by molar-refractivity contribution is 5.25. The summed E-state index contributed by atoms with van der Waals surface area (Å²) in [4.78, 5) is 0. The zero-order valence-corrected chi connectivity index (χ0v) is 7.83. The Kier molecular flexibility index (Phi) is 3.68. The van der Waals surface area contributed by atoms with Gasteiger partial charge >= 0.3 is 0 Å². The summed E-state index contributed by atoms with van der Waals surface area (Å²) >= 11 is 0. The van der Waals surface area contributed by atoms with E-state index in [1.165, 1.54) is 5.56 Å². The normalized spacial score (nSPS) is 12.5. The van der Waals surface area contributed by atoms with Crippen molar-refractivity contribution in [3.05, 3.63) is 48.0 Å². The molecule has 0 aliphatic rings. The summed E-state index contributed by atoms with van der Waals surface area (Å²) in [7, 11) is 0. The van der Waals surface area contributed by atoms with E-state index in [9.17, 15) is 0 Å². The Morgan fingerprint density at radius 1 is 1.46 bits per heavy atom. The van der Waals surface area contributed by atoms with Crippen molar-refractivity contribution in [1.82, 2.24) is 5.48 Å². The van der Waals surface area contributed by atoms with Crippen LogP contribution in [0.5, 0.6) is 0 Å². The van der Waals surface area contributed by atoms with Crippen molar-refractivity contribution in [2.24, 2.45) is 0 Å². The molecule has 2 heteroatoms. The summed E-state index contributed by atoms with van der Waals surface area (Å²) < 4.78 is 0. The zero-order chi connectivity index (χ0) is 9.68. The largest absolute Gasteiger partial charge is 0.316 e. The predicted octanol–water partition coefficient (Wildman–Crippen LogP) is 2.45. The Labute approximate surface area is 78.9 Å². The highest BCUT2D eigenvalue weighted by Crippen LogP contribution is 2.12. The van der Waals surface area contributed by atoms with Crippen molar-refractivity contribution >= 4 is 0 Å². The molecule has 2 N–H and O–H groups in total. The van der Waals surface area contributed by atoms with E-state index in [0.717, 1.165) is 12.0 Å². The van der Waals surface area contributed by atoms with Gasteiger partial charge in [0.05, 0.1) is 6.04 Å². The molecule has 0 bridgehead atoms. The fourth-order valence-electron chi connectivity index (χ4n) is 1.18. The van der Waals surface area contributed by atoms with Crippen LogP contribution in [-0.4, -0.2) is 5.21 Å². The van der Waals surface area contributed by atoms with Gasteiger partial charge in [0.1, 0.15) is 0 Å². The van der Waals surface area contributed by atoms with E-state index in [1.54, 1.807) is 0 Å². The summed E-state index contributed by atoms with van der Waals surface area (Å²) in [5, 5.41) is 8.69. The monoisotopic (exact) mass is 177 g/mol. The van der Waals surface area contributed by atoms with Gasteiger partial charge in [-0.3, -0.25) is 0 Å². The quantitative estimate of drug-likeness (QED) is 0.547. The lowest BCUT2D eigenvalue weighted by atomic mass is 10.1. The summed E-state index contributed by atoms with van der Waals surface area (Å²) in [6.45, 7) is 5.58. The van der Waals surface area contributed by atoms with Crippen LogP contribution in [0.1, 0.15) is 24.1 Å². The molecular weight excluding hydrogens is 162 g/mol. The first-order valence-electron chi connectivity index (χ1n) is 4.37. The van der Waals surface area contributed by atoms with Crippen LogP contribution >= 0.6 is 0 Å². The van der Waals surface area contributed by atoms with Crippen LogP contribution in [0.25, 0.3) is 0 Å². The molecule has 0 saturated heterocycles. The highest BCUT2D eigenvalue weighted by atomic mass is 16.5. The van der Waals surface area contributed by atoms with Crippen molar-refractivity contribution in [3.8, 4) is 0 Å². The minimum absolute atomic E-state index is 0.0159. The number of allylic oxidation sites excluding steroid dienone is 1. The molecular formula is C11H15NO. The SMILES string of the molecule is C=CCc1ccc(C(C)NO)cc1. The van der Waals surface area contributed by atoms with E-state index < -0.39 is 0 Å². The molecule has 1 aromatic rings. The maximum absolute atomic E-state index is 8.69. The van der Waals surface area contributed by atoms with Gasteiger partial charge in [-0.25, -0.2) is 0 Å². The summed E-state index contributed by atoms with van der Waals surface area (Å²) in [5.74, 6) is 0. The predicted molar refractivity (Wildman–Crippen MR) is 53.7 cm³/mol. The van der Waals surface area contributed by atoms with Gasteiger partial charge in [-0.05, 0) is 24.5 Å². The average molecular weight is 177 g/mol. The first-order valence-corrected chi connectivity index (χ1v) is 4.37. The molecule has 0 fully saturated rings. The Morgan fingerprint density at radius 2 is 2.08 bits per heavy atom. The number of hydrogen-bond donors (Lipinski definition) is 2. The van der Waals surface area contributed by atoms with Gasteiger partial charge in [-0.2, -0.15) is 5.48 Å². The molecule has 1 atom stereocenters. The van der Waals surface area contributed by atoms with Crippen LogP contribution in [0.4, 0.5) is 0 Å². The van der Waals surface area contributed by atoms with Gasteiger partial charge in [0, 0.05) is 0 Å². The molecule has 0 spiro atoms. The second-order valence-electron chi connectivity index (χ2n) is 3.09. The van der Waals surface area contributed by atoms with Crippen LogP contribution in [0, 0.1) is 0 Å². The molecule has 0 saturated carbocycles. The third-order valence-corrected chi connectivity index (χ3v) is 2.05. The van der Waals surface area contributed by atoms with E-state index in [1.807, 2.05) is 37.3 Å². The number of hydrogen-bond acceptors (Lipinski definition) is 2. The highest BCUT2D eigenvalue weighted by Gasteiger charge is 2.01. The lowest BCUT2D eigenvalue weighted by Gasteiger charge is -2.09. The maximum Gasteiger partial charge on any atom is 0.0540 e. The molecule has 0 aliphatic carbocycles. The smallest absolute Gasteiger partial charge is 0.0540 e. The first kappa shape index (κ1) is 9.96. The summed E-state index contributed by atoms with van der Waals surface area (Å²) in [5.41, 5.74) is 4.53. The average Bonchev–Trinajstić information content (AvgIpc) is 2.18. The van der Waals surface area contributed by atoms with Crippen molar-refractivity contribution < 1.29 is 5.21 Å². The van der Waals surface area contributed by atoms with E-state index in [-0.39, 0.29) is 6.04 Å². The summed E-state index contributed by atoms with van der Waals surface area (Å²) in [6.07, 6.45) is 2.77. The van der Waals surface area contributed by atoms with Gasteiger partial charge in [0.15, 0.2) is 0 Å². The fourth-order valence-corrected chi connectivity index (χ4v) is 1.18. The van der Waals surface area contributed by atoms with Crippen LogP contribution in [-0.2, 0) is 6.42 Å². The minimum Gasteiger partial charge on any atom is -0.316 e. The van der Waals surface area contributed by atoms with Crippen LogP contribution < -0.4 is 5.48 Å². The topological polar surface area (TPSA) is 32.3 Å². The summed E-state index contributed by atoms with van der Waals surface area (Å²) in [6, 6.07) is 8.09. The van der Waals surface area contributed by atoms with Crippen molar-refractivity contribution in [2.75, 3.05) is 0 Å².